The van der Waals surface area contributed by atoms with E-state index in [0.29, 0.717) is 10.8 Å². The summed E-state index contributed by atoms with van der Waals surface area (Å²) in [5, 5.41) is 0. The third-order valence-electron chi connectivity index (χ3n) is 7.38. The molecule has 2 saturated heterocycles. The van der Waals surface area contributed by atoms with Crippen molar-refractivity contribution < 1.29 is 0 Å². The van der Waals surface area contributed by atoms with Gasteiger partial charge in [0.25, 0.3) is 0 Å². The number of hydrogen-bond acceptors (Lipinski definition) is 0. The van der Waals surface area contributed by atoms with E-state index >= 15 is 0 Å². The van der Waals surface area contributed by atoms with Crippen LogP contribution in [-0.4, -0.2) is 35.6 Å². The zero-order chi connectivity index (χ0) is 21.3. The highest BCUT2D eigenvalue weighted by molar-refractivity contribution is 7.77. The molecule has 2 rings (SSSR count). The second-order valence-electron chi connectivity index (χ2n) is 9.79. The van der Waals surface area contributed by atoms with Crippen LogP contribution in [0.1, 0.15) is 119 Å². The van der Waals surface area contributed by atoms with Crippen molar-refractivity contribution in [1.82, 2.24) is 4.67 Å². The number of hydrogen-bond donors (Lipinski definition) is 0. The maximum Gasteiger partial charge on any atom is 0.305 e. The molecule has 2 unspecified atom stereocenters. The Labute approximate surface area is 185 Å². The van der Waals surface area contributed by atoms with E-state index < -0.39 is 0 Å². The van der Waals surface area contributed by atoms with Gasteiger partial charge in [0.05, 0.1) is 10.8 Å². The third-order valence-corrected chi connectivity index (χ3v) is 13.2. The Morgan fingerprint density at radius 3 is 1.21 bits per heavy atom. The average Bonchev–Trinajstić information content (AvgIpc) is 3.18. The molecule has 3 heteroatoms. The molecule has 2 atom stereocenters. The standard InChI is InChI=1S/C26H50NP2/c1-7-13-25(14-8-2)17-21-28(19-11-5)23(25)27-24-26(15-9-3,16-10-4)18-22-29(24)20-12-6/h7-22H2,1-6H3/q+1. The molecule has 1 nitrogen and oxygen atoms in total. The minimum Gasteiger partial charge on any atom is -0.0932 e. The van der Waals surface area contributed by atoms with E-state index in [2.05, 4.69) is 41.5 Å². The molecular formula is C26H50NP2+. The molecular weight excluding hydrogens is 388 g/mol. The quantitative estimate of drug-likeness (QED) is 0.214. The first-order valence-corrected chi connectivity index (χ1v) is 16.4. The van der Waals surface area contributed by atoms with Crippen molar-refractivity contribution in [2.75, 3.05) is 24.6 Å². The molecule has 2 fully saturated rings. The minimum atomic E-state index is 0.0154. The number of nitrogens with zero attached hydrogens (tertiary/aromatic N) is 1. The first-order chi connectivity index (χ1) is 14.1. The van der Waals surface area contributed by atoms with E-state index in [1.165, 1.54) is 102 Å². The zero-order valence-electron chi connectivity index (χ0n) is 20.7. The van der Waals surface area contributed by atoms with Crippen LogP contribution in [0.2, 0.25) is 0 Å². The van der Waals surface area contributed by atoms with Crippen LogP contribution in [0.25, 0.3) is 0 Å². The van der Waals surface area contributed by atoms with Gasteiger partial charge in [-0.2, -0.15) is 0 Å². The van der Waals surface area contributed by atoms with Crippen molar-refractivity contribution in [2.45, 2.75) is 119 Å². The SMILES string of the molecule is CCCP1CCC(CCC)(CCC)C1=[N+]=C1P(CCC)CCC1(CCC)CCC. The Morgan fingerprint density at radius 1 is 0.586 bits per heavy atom. The van der Waals surface area contributed by atoms with Crippen LogP contribution < -0.4 is 4.67 Å². The van der Waals surface area contributed by atoms with Gasteiger partial charge in [-0.1, -0.05) is 84.7 Å². The fraction of sp³-hybridized carbons (Fsp3) is 0.923. The van der Waals surface area contributed by atoms with Crippen molar-refractivity contribution >= 4 is 26.7 Å². The highest BCUT2D eigenvalue weighted by Crippen LogP contribution is 2.60. The maximum absolute atomic E-state index is 5.95. The topological polar surface area (TPSA) is 14.1 Å². The van der Waals surface area contributed by atoms with Gasteiger partial charge in [0.2, 0.25) is 0 Å². The molecule has 0 aromatic heterocycles. The Morgan fingerprint density at radius 2 is 0.931 bits per heavy atom. The van der Waals surface area contributed by atoms with Crippen LogP contribution in [0.5, 0.6) is 0 Å². The van der Waals surface area contributed by atoms with Crippen LogP contribution in [0.3, 0.4) is 0 Å². The third kappa shape index (κ3) is 5.76. The van der Waals surface area contributed by atoms with Crippen LogP contribution >= 0.6 is 15.8 Å². The predicted molar refractivity (Wildman–Crippen MR) is 140 cm³/mol. The van der Waals surface area contributed by atoms with E-state index in [0.717, 1.165) is 0 Å². The maximum atomic E-state index is 5.95. The largest absolute Gasteiger partial charge is 0.305 e. The lowest BCUT2D eigenvalue weighted by Crippen LogP contribution is -2.32. The van der Waals surface area contributed by atoms with Gasteiger partial charge in [-0.25, -0.2) is 0 Å². The molecule has 0 saturated carbocycles. The summed E-state index contributed by atoms with van der Waals surface area (Å²) in [6.45, 7) is 14.4. The highest BCUT2D eigenvalue weighted by atomic mass is 31.1. The van der Waals surface area contributed by atoms with Crippen LogP contribution in [0.15, 0.2) is 0 Å². The summed E-state index contributed by atoms with van der Waals surface area (Å²) >= 11 is 0. The van der Waals surface area contributed by atoms with Gasteiger partial charge in [0, 0.05) is 15.8 Å². The minimum absolute atomic E-state index is 0.0154. The van der Waals surface area contributed by atoms with Gasteiger partial charge in [-0.3, -0.25) is 0 Å². The Hall–Kier alpha value is 0.310. The average molecular weight is 439 g/mol. The lowest BCUT2D eigenvalue weighted by atomic mass is 9.77. The normalized spacial score (nSPS) is 25.6. The molecule has 0 aromatic carbocycles. The summed E-state index contributed by atoms with van der Waals surface area (Å²) in [5.41, 5.74) is 4.43. The molecule has 0 bridgehead atoms. The van der Waals surface area contributed by atoms with Gasteiger partial charge in [0.15, 0.2) is 0 Å². The molecule has 2 heterocycles. The van der Waals surface area contributed by atoms with Crippen molar-refractivity contribution in [3.8, 4) is 0 Å². The summed E-state index contributed by atoms with van der Waals surface area (Å²) in [7, 11) is 0.0309. The van der Waals surface area contributed by atoms with Gasteiger partial charge >= 0.3 is 10.9 Å². The van der Waals surface area contributed by atoms with Crippen molar-refractivity contribution in [3.63, 3.8) is 0 Å². The summed E-state index contributed by atoms with van der Waals surface area (Å²) in [6, 6.07) is 0. The van der Waals surface area contributed by atoms with Gasteiger partial charge in [-0.05, 0) is 63.2 Å². The molecule has 2 aliphatic rings. The zero-order valence-corrected chi connectivity index (χ0v) is 22.4. The Balaban J connectivity index is 2.68. The van der Waals surface area contributed by atoms with E-state index in [-0.39, 0.29) is 15.8 Å². The smallest absolute Gasteiger partial charge is 0.0932 e. The molecule has 0 radical (unpaired) electrons. The van der Waals surface area contributed by atoms with Crippen LogP contribution in [-0.2, 0) is 0 Å². The van der Waals surface area contributed by atoms with Crippen molar-refractivity contribution in [3.05, 3.63) is 0 Å². The second-order valence-corrected chi connectivity index (χ2v) is 14.6. The number of rotatable bonds is 12. The second kappa shape index (κ2) is 12.4. The first-order valence-electron chi connectivity index (χ1n) is 13.0. The molecule has 0 amide bonds. The summed E-state index contributed by atoms with van der Waals surface area (Å²) in [6.07, 6.45) is 22.2. The van der Waals surface area contributed by atoms with E-state index in [9.17, 15) is 0 Å². The molecule has 2 aliphatic heterocycles. The molecule has 0 aromatic rings. The van der Waals surface area contributed by atoms with E-state index in [1.807, 2.05) is 0 Å². The van der Waals surface area contributed by atoms with Crippen LogP contribution in [0.4, 0.5) is 0 Å². The fourth-order valence-electron chi connectivity index (χ4n) is 6.37. The van der Waals surface area contributed by atoms with Crippen LogP contribution in [0, 0.1) is 10.8 Å². The Bertz CT molecular complexity index is 503. The molecule has 0 spiro atoms. The van der Waals surface area contributed by atoms with E-state index in [1.54, 1.807) is 10.9 Å². The highest BCUT2D eigenvalue weighted by Gasteiger charge is 2.55. The molecule has 168 valence electrons. The molecule has 0 aliphatic carbocycles. The fourth-order valence-corrected chi connectivity index (χ4v) is 12.7. The summed E-state index contributed by atoms with van der Waals surface area (Å²) in [5.74, 6) is 0. The van der Waals surface area contributed by atoms with E-state index in [4.69, 9.17) is 4.67 Å². The summed E-state index contributed by atoms with van der Waals surface area (Å²) < 4.78 is 5.95. The van der Waals surface area contributed by atoms with Crippen molar-refractivity contribution in [2.24, 2.45) is 10.8 Å². The molecule has 0 N–H and O–H groups in total. The lowest BCUT2D eigenvalue weighted by Gasteiger charge is -2.26. The van der Waals surface area contributed by atoms with Gasteiger partial charge in [0.1, 0.15) is 0 Å². The lowest BCUT2D eigenvalue weighted by molar-refractivity contribution is 0.344. The van der Waals surface area contributed by atoms with Gasteiger partial charge in [-0.15, -0.1) is 0 Å². The monoisotopic (exact) mass is 438 g/mol. The Kier molecular flexibility index (Phi) is 10.9. The summed E-state index contributed by atoms with van der Waals surface area (Å²) in [4.78, 5) is 0. The first kappa shape index (κ1) is 25.6. The van der Waals surface area contributed by atoms with Gasteiger partial charge < -0.3 is 0 Å². The molecule has 29 heavy (non-hydrogen) atoms. The van der Waals surface area contributed by atoms with Crippen molar-refractivity contribution in [1.29, 1.82) is 0 Å². The predicted octanol–water partition coefficient (Wildman–Crippen LogP) is 8.62.